The number of aryl methyl sites for hydroxylation is 1. The number of aromatic nitrogens is 2. The highest BCUT2D eigenvalue weighted by molar-refractivity contribution is 5.83. The topological polar surface area (TPSA) is 71.9 Å². The number of methoxy groups -OCH3 is 1. The Balaban J connectivity index is 2.46. The molecule has 0 bridgehead atoms. The Morgan fingerprint density at radius 1 is 1.24 bits per heavy atom. The Labute approximate surface area is 142 Å². The van der Waals surface area contributed by atoms with Gasteiger partial charge in [-0.2, -0.15) is 9.65 Å². The highest BCUT2D eigenvalue weighted by Gasteiger charge is 2.28. The molecule has 7 heteroatoms. The number of benzene rings is 1. The van der Waals surface area contributed by atoms with E-state index in [1.54, 1.807) is 13.8 Å². The van der Waals surface area contributed by atoms with E-state index in [0.29, 0.717) is 11.5 Å². The van der Waals surface area contributed by atoms with Crippen molar-refractivity contribution < 1.29 is 17.9 Å². The maximum Gasteiger partial charge on any atom is 0.220 e. The fourth-order valence-electron chi connectivity index (χ4n) is 2.74. The van der Waals surface area contributed by atoms with Gasteiger partial charge in [0.15, 0.2) is 5.89 Å². The molecule has 126 valence electrons. The number of hydrogen-bond acceptors (Lipinski definition) is 5. The average Bonchev–Trinajstić information content (AvgIpc) is 3.01. The summed E-state index contributed by atoms with van der Waals surface area (Å²) in [5.74, 6) is -1.33. The van der Waals surface area contributed by atoms with Gasteiger partial charge in [-0.3, -0.25) is 0 Å². The minimum atomic E-state index is -0.866. The first kappa shape index (κ1) is 16.6. The van der Waals surface area contributed by atoms with Crippen molar-refractivity contribution in [3.05, 3.63) is 53.4 Å². The molecule has 0 aliphatic carbocycles. The van der Waals surface area contributed by atoms with Crippen molar-refractivity contribution >= 4 is 0 Å². The number of ether oxygens (including phenoxy) is 1. The van der Waals surface area contributed by atoms with Crippen molar-refractivity contribution in [1.82, 2.24) is 9.97 Å². The maximum atomic E-state index is 15.4. The molecule has 0 spiro atoms. The van der Waals surface area contributed by atoms with Gasteiger partial charge in [0.05, 0.1) is 18.2 Å². The molecule has 1 aromatic carbocycles. The summed E-state index contributed by atoms with van der Waals surface area (Å²) < 4.78 is 40.0. The molecule has 2 aromatic heterocycles. The molecule has 0 fully saturated rings. The van der Waals surface area contributed by atoms with Crippen molar-refractivity contribution in [2.45, 2.75) is 13.8 Å². The quantitative estimate of drug-likeness (QED) is 0.668. The van der Waals surface area contributed by atoms with E-state index < -0.39 is 11.8 Å². The molecule has 25 heavy (non-hydrogen) atoms. The van der Waals surface area contributed by atoms with Crippen molar-refractivity contribution in [1.29, 1.82) is 5.26 Å². The van der Waals surface area contributed by atoms with Crippen molar-refractivity contribution in [2.75, 3.05) is 7.11 Å². The first-order valence-corrected chi connectivity index (χ1v) is 7.33. The van der Waals surface area contributed by atoms with Gasteiger partial charge in [-0.15, -0.1) is 0 Å². The van der Waals surface area contributed by atoms with Crippen LogP contribution in [0, 0.1) is 36.9 Å². The fourth-order valence-corrected chi connectivity index (χ4v) is 2.74. The molecule has 0 aliphatic rings. The zero-order chi connectivity index (χ0) is 18.1. The van der Waals surface area contributed by atoms with Gasteiger partial charge in [-0.05, 0) is 24.6 Å². The fraction of sp³-hybridized carbons (Fsp3) is 0.167. The third kappa shape index (κ3) is 2.62. The lowest BCUT2D eigenvalue weighted by atomic mass is 9.92. The molecule has 0 saturated heterocycles. The van der Waals surface area contributed by atoms with Gasteiger partial charge in [-0.1, -0.05) is 0 Å². The smallest absolute Gasteiger partial charge is 0.220 e. The Morgan fingerprint density at radius 2 is 2.00 bits per heavy atom. The number of nitrogens with zero attached hydrogens (tertiary/aromatic N) is 3. The Morgan fingerprint density at radius 3 is 2.56 bits per heavy atom. The summed E-state index contributed by atoms with van der Waals surface area (Å²) in [4.78, 5) is 7.67. The second kappa shape index (κ2) is 6.32. The molecule has 0 radical (unpaired) electrons. The predicted molar refractivity (Wildman–Crippen MR) is 85.8 cm³/mol. The Bertz CT molecular complexity index is 1010. The molecule has 0 aliphatic heterocycles. The Kier molecular flexibility index (Phi) is 4.19. The summed E-state index contributed by atoms with van der Waals surface area (Å²) in [5.41, 5.74) is 0.432. The van der Waals surface area contributed by atoms with Crippen LogP contribution in [0.15, 0.2) is 29.0 Å². The van der Waals surface area contributed by atoms with Gasteiger partial charge >= 0.3 is 0 Å². The minimum Gasteiger partial charge on any atom is -0.495 e. The first-order valence-electron chi connectivity index (χ1n) is 7.33. The van der Waals surface area contributed by atoms with Gasteiger partial charge in [0, 0.05) is 24.2 Å². The number of halogens is 2. The standard InChI is InChI=1S/C18H13F2N3O2/c1-9-12(7-21)17(24-3)15(11-5-4-6-22-18(11)20)16(19)14(9)13-8-25-10(2)23-13/h4-6,8H,1-3H3. The van der Waals surface area contributed by atoms with Gasteiger partial charge < -0.3 is 9.15 Å². The van der Waals surface area contributed by atoms with E-state index in [9.17, 15) is 9.65 Å². The lowest BCUT2D eigenvalue weighted by Gasteiger charge is -2.17. The van der Waals surface area contributed by atoms with Crippen LogP contribution in [0.3, 0.4) is 0 Å². The number of pyridine rings is 1. The predicted octanol–water partition coefficient (Wildman–Crippen LogP) is 4.18. The van der Waals surface area contributed by atoms with Crippen molar-refractivity contribution in [3.63, 3.8) is 0 Å². The maximum absolute atomic E-state index is 15.4. The number of rotatable bonds is 3. The van der Waals surface area contributed by atoms with Crippen LogP contribution < -0.4 is 4.74 Å². The molecule has 0 N–H and O–H groups in total. The Hall–Kier alpha value is -3.27. The van der Waals surface area contributed by atoms with Crippen LogP contribution in [0.1, 0.15) is 17.0 Å². The zero-order valence-electron chi connectivity index (χ0n) is 13.7. The molecule has 5 nitrogen and oxygen atoms in total. The van der Waals surface area contributed by atoms with E-state index >= 15 is 4.39 Å². The van der Waals surface area contributed by atoms with E-state index in [-0.39, 0.29) is 33.7 Å². The molecule has 0 atom stereocenters. The van der Waals surface area contributed by atoms with Gasteiger partial charge in [0.1, 0.15) is 29.6 Å². The molecular formula is C18H13F2N3O2. The van der Waals surface area contributed by atoms with E-state index in [4.69, 9.17) is 9.15 Å². The van der Waals surface area contributed by atoms with Gasteiger partial charge in [0.2, 0.25) is 5.95 Å². The molecule has 0 saturated carbocycles. The summed E-state index contributed by atoms with van der Waals surface area (Å²) >= 11 is 0. The van der Waals surface area contributed by atoms with Crippen LogP contribution >= 0.6 is 0 Å². The van der Waals surface area contributed by atoms with Gasteiger partial charge in [0.25, 0.3) is 0 Å². The molecule has 2 heterocycles. The highest BCUT2D eigenvalue weighted by Crippen LogP contribution is 2.43. The SMILES string of the molecule is COc1c(C#N)c(C)c(-c2coc(C)n2)c(F)c1-c1cccnc1F. The van der Waals surface area contributed by atoms with Gasteiger partial charge in [-0.25, -0.2) is 14.4 Å². The minimum absolute atomic E-state index is 0.0478. The van der Waals surface area contributed by atoms with Crippen molar-refractivity contribution in [3.8, 4) is 34.2 Å². The monoisotopic (exact) mass is 341 g/mol. The van der Waals surface area contributed by atoms with E-state index in [1.165, 1.54) is 31.7 Å². The normalized spacial score (nSPS) is 10.6. The summed E-state index contributed by atoms with van der Waals surface area (Å²) in [6.07, 6.45) is 2.54. The number of oxazole rings is 1. The van der Waals surface area contributed by atoms with Crippen LogP contribution in [0.25, 0.3) is 22.4 Å². The first-order chi connectivity index (χ1) is 12.0. The number of nitriles is 1. The molecule has 3 rings (SSSR count). The van der Waals surface area contributed by atoms with Crippen molar-refractivity contribution in [2.24, 2.45) is 0 Å². The molecule has 3 aromatic rings. The van der Waals surface area contributed by atoms with Crippen LogP contribution in [0.5, 0.6) is 5.75 Å². The summed E-state index contributed by atoms with van der Waals surface area (Å²) in [5, 5.41) is 9.53. The van der Waals surface area contributed by atoms with E-state index in [1.807, 2.05) is 6.07 Å². The number of hydrogen-bond donors (Lipinski definition) is 0. The zero-order valence-corrected chi connectivity index (χ0v) is 13.7. The third-order valence-corrected chi connectivity index (χ3v) is 3.86. The largest absolute Gasteiger partial charge is 0.495 e. The molecular weight excluding hydrogens is 328 g/mol. The van der Waals surface area contributed by atoms with E-state index in [0.717, 1.165) is 0 Å². The van der Waals surface area contributed by atoms with Crippen LogP contribution in [0.4, 0.5) is 8.78 Å². The molecule has 0 unspecified atom stereocenters. The lowest BCUT2D eigenvalue weighted by Crippen LogP contribution is -2.04. The van der Waals surface area contributed by atoms with Crippen LogP contribution in [-0.4, -0.2) is 17.1 Å². The summed E-state index contributed by atoms with van der Waals surface area (Å²) in [6.45, 7) is 3.19. The lowest BCUT2D eigenvalue weighted by molar-refractivity contribution is 0.411. The van der Waals surface area contributed by atoms with Crippen LogP contribution in [0.2, 0.25) is 0 Å². The summed E-state index contributed by atoms with van der Waals surface area (Å²) in [6, 6.07) is 4.84. The second-order valence-electron chi connectivity index (χ2n) is 5.30. The average molecular weight is 341 g/mol. The second-order valence-corrected chi connectivity index (χ2v) is 5.30. The third-order valence-electron chi connectivity index (χ3n) is 3.86. The summed E-state index contributed by atoms with van der Waals surface area (Å²) in [7, 11) is 1.30. The van der Waals surface area contributed by atoms with E-state index in [2.05, 4.69) is 9.97 Å². The highest BCUT2D eigenvalue weighted by atomic mass is 19.1. The van der Waals surface area contributed by atoms with Crippen LogP contribution in [-0.2, 0) is 0 Å². The molecule has 0 amide bonds.